The van der Waals surface area contributed by atoms with Crippen LogP contribution in [0.15, 0.2) is 48.5 Å². The maximum absolute atomic E-state index is 12.6. The largest absolute Gasteiger partial charge is 0.354 e. The summed E-state index contributed by atoms with van der Waals surface area (Å²) in [5.74, 6) is -0.194. The zero-order chi connectivity index (χ0) is 21.4. The third-order valence-electron chi connectivity index (χ3n) is 4.88. The van der Waals surface area contributed by atoms with Crippen LogP contribution in [-0.4, -0.2) is 37.5 Å². The molecule has 6 nitrogen and oxygen atoms in total. The molecule has 2 aromatic rings. The summed E-state index contributed by atoms with van der Waals surface area (Å²) in [4.78, 5) is 26.1. The number of hydrogen-bond acceptors (Lipinski definition) is 3. The average molecular weight is 417 g/mol. The molecule has 2 atom stereocenters. The first-order chi connectivity index (χ1) is 13.8. The van der Waals surface area contributed by atoms with Crippen molar-refractivity contribution in [2.75, 3.05) is 20.6 Å². The number of hydrogen-bond donors (Lipinski definition) is 3. The molecule has 0 aliphatic heterocycles. The van der Waals surface area contributed by atoms with Crippen molar-refractivity contribution >= 4 is 23.5 Å². The van der Waals surface area contributed by atoms with Crippen LogP contribution in [0.4, 0.5) is 4.79 Å². The monoisotopic (exact) mass is 416 g/mol. The van der Waals surface area contributed by atoms with Gasteiger partial charge in [0.15, 0.2) is 0 Å². The van der Waals surface area contributed by atoms with Crippen LogP contribution in [0.1, 0.15) is 42.1 Å². The Morgan fingerprint density at radius 3 is 2.31 bits per heavy atom. The van der Waals surface area contributed by atoms with E-state index in [4.69, 9.17) is 17.3 Å². The van der Waals surface area contributed by atoms with Crippen LogP contribution >= 0.6 is 11.6 Å². The molecule has 2 aromatic carbocycles. The van der Waals surface area contributed by atoms with Crippen molar-refractivity contribution in [3.05, 3.63) is 70.2 Å². The molecule has 29 heavy (non-hydrogen) atoms. The first kappa shape index (κ1) is 22.7. The molecule has 0 radical (unpaired) electrons. The number of rotatable bonds is 9. The Kier molecular flexibility index (Phi) is 8.49. The van der Waals surface area contributed by atoms with E-state index in [9.17, 15) is 9.59 Å². The maximum atomic E-state index is 12.6. The lowest BCUT2D eigenvalue weighted by Gasteiger charge is -2.26. The first-order valence-corrected chi connectivity index (χ1v) is 10.0. The minimum absolute atomic E-state index is 0.0349. The number of primary amides is 1. The van der Waals surface area contributed by atoms with E-state index in [1.165, 1.54) is 5.56 Å². The average Bonchev–Trinajstić information content (AvgIpc) is 2.68. The van der Waals surface area contributed by atoms with Crippen molar-refractivity contribution in [3.63, 3.8) is 0 Å². The van der Waals surface area contributed by atoms with Crippen molar-refractivity contribution in [1.82, 2.24) is 15.5 Å². The molecule has 3 amide bonds. The highest BCUT2D eigenvalue weighted by Crippen LogP contribution is 2.25. The van der Waals surface area contributed by atoms with E-state index in [1.807, 2.05) is 14.1 Å². The molecule has 0 aromatic heterocycles. The number of amides is 3. The lowest BCUT2D eigenvalue weighted by Crippen LogP contribution is -2.39. The molecule has 4 N–H and O–H groups in total. The molecule has 0 spiro atoms. The van der Waals surface area contributed by atoms with E-state index in [1.54, 1.807) is 24.3 Å². The summed E-state index contributed by atoms with van der Waals surface area (Å²) in [7, 11) is 3.96. The summed E-state index contributed by atoms with van der Waals surface area (Å²) in [6, 6.07) is 14.2. The number of benzene rings is 2. The zero-order valence-corrected chi connectivity index (χ0v) is 17.9. The highest BCUT2D eigenvalue weighted by atomic mass is 35.5. The van der Waals surface area contributed by atoms with Gasteiger partial charge in [0.2, 0.25) is 5.91 Å². The van der Waals surface area contributed by atoms with Gasteiger partial charge in [0.05, 0.1) is 18.5 Å². The minimum Gasteiger partial charge on any atom is -0.354 e. The lowest BCUT2D eigenvalue weighted by molar-refractivity contribution is -0.121. The van der Waals surface area contributed by atoms with E-state index >= 15 is 0 Å². The van der Waals surface area contributed by atoms with Crippen LogP contribution in [0.5, 0.6) is 0 Å². The van der Waals surface area contributed by atoms with Gasteiger partial charge in [0, 0.05) is 11.6 Å². The van der Waals surface area contributed by atoms with Crippen LogP contribution < -0.4 is 16.4 Å². The van der Waals surface area contributed by atoms with Gasteiger partial charge in [0.1, 0.15) is 0 Å². The van der Waals surface area contributed by atoms with E-state index in [0.717, 1.165) is 12.0 Å². The van der Waals surface area contributed by atoms with Crippen molar-refractivity contribution in [2.24, 2.45) is 5.73 Å². The predicted molar refractivity (Wildman–Crippen MR) is 117 cm³/mol. The standard InChI is InChI=1S/C22H29ClN4O2/c1-4-15-9-11-16(12-10-15)20(27(2)3)14-25-21(28)13-19(26-22(24)29)17-7-5-6-8-18(17)23/h5-12,19-20H,4,13-14H2,1-3H3,(H,25,28)(H3,24,26,29)/t19-,20+/m0/s1. The fraction of sp³-hybridized carbons (Fsp3) is 0.364. The Labute approximate surface area is 177 Å². The summed E-state index contributed by atoms with van der Waals surface area (Å²) in [6.45, 7) is 2.57. The molecule has 0 aliphatic rings. The van der Waals surface area contributed by atoms with Gasteiger partial charge in [0.25, 0.3) is 0 Å². The second-order valence-corrected chi connectivity index (χ2v) is 7.57. The Hall–Kier alpha value is -2.57. The number of urea groups is 1. The molecule has 0 fully saturated rings. The summed E-state index contributed by atoms with van der Waals surface area (Å²) in [6.07, 6.45) is 1.03. The lowest BCUT2D eigenvalue weighted by atomic mass is 10.0. The summed E-state index contributed by atoms with van der Waals surface area (Å²) in [5, 5.41) is 6.05. The summed E-state index contributed by atoms with van der Waals surface area (Å²) < 4.78 is 0. The van der Waals surface area contributed by atoms with Gasteiger partial charge < -0.3 is 21.3 Å². The number of carbonyl (C=O) groups is 2. The van der Waals surface area contributed by atoms with Crippen molar-refractivity contribution in [2.45, 2.75) is 31.8 Å². The molecule has 0 unspecified atom stereocenters. The topological polar surface area (TPSA) is 87.5 Å². The Morgan fingerprint density at radius 1 is 1.10 bits per heavy atom. The fourth-order valence-corrected chi connectivity index (χ4v) is 3.48. The number of nitrogens with two attached hydrogens (primary N) is 1. The summed E-state index contributed by atoms with van der Waals surface area (Å²) >= 11 is 6.23. The second kappa shape index (κ2) is 10.8. The van der Waals surface area contributed by atoms with Crippen LogP contribution in [0, 0.1) is 0 Å². The molecular weight excluding hydrogens is 388 g/mol. The number of carbonyl (C=O) groups excluding carboxylic acids is 2. The Balaban J connectivity index is 2.05. The van der Waals surface area contributed by atoms with Crippen molar-refractivity contribution in [3.8, 4) is 0 Å². The quantitative estimate of drug-likeness (QED) is 0.585. The van der Waals surface area contributed by atoms with Crippen LogP contribution in [0.2, 0.25) is 5.02 Å². The zero-order valence-electron chi connectivity index (χ0n) is 17.1. The normalized spacial score (nSPS) is 13.0. The van der Waals surface area contributed by atoms with E-state index < -0.39 is 12.1 Å². The number of halogens is 1. The van der Waals surface area contributed by atoms with E-state index in [-0.39, 0.29) is 18.4 Å². The smallest absolute Gasteiger partial charge is 0.312 e. The van der Waals surface area contributed by atoms with Gasteiger partial charge >= 0.3 is 6.03 Å². The number of aryl methyl sites for hydroxylation is 1. The number of nitrogens with one attached hydrogen (secondary N) is 2. The molecular formula is C22H29ClN4O2. The number of likely N-dealkylation sites (N-methyl/N-ethyl adjacent to an activating group) is 1. The number of nitrogens with zero attached hydrogens (tertiary/aromatic N) is 1. The second-order valence-electron chi connectivity index (χ2n) is 7.17. The summed E-state index contributed by atoms with van der Waals surface area (Å²) in [5.41, 5.74) is 8.35. The third-order valence-corrected chi connectivity index (χ3v) is 5.22. The van der Waals surface area contributed by atoms with Gasteiger partial charge in [-0.25, -0.2) is 4.79 Å². The maximum Gasteiger partial charge on any atom is 0.312 e. The van der Waals surface area contributed by atoms with E-state index in [0.29, 0.717) is 17.1 Å². The molecule has 156 valence electrons. The molecule has 0 aliphatic carbocycles. The SMILES string of the molecule is CCc1ccc([C@@H](CNC(=O)C[C@H](NC(N)=O)c2ccccc2Cl)N(C)C)cc1. The van der Waals surface area contributed by atoms with Gasteiger partial charge in [-0.2, -0.15) is 0 Å². The first-order valence-electron chi connectivity index (χ1n) is 9.64. The molecule has 0 bridgehead atoms. The molecule has 0 saturated heterocycles. The van der Waals surface area contributed by atoms with Gasteiger partial charge in [-0.1, -0.05) is 61.0 Å². The minimum atomic E-state index is -0.704. The third kappa shape index (κ3) is 6.76. The highest BCUT2D eigenvalue weighted by molar-refractivity contribution is 6.31. The van der Waals surface area contributed by atoms with Crippen LogP contribution in [0.25, 0.3) is 0 Å². The fourth-order valence-electron chi connectivity index (χ4n) is 3.21. The van der Waals surface area contributed by atoms with Gasteiger partial charge in [-0.15, -0.1) is 0 Å². The molecule has 0 saturated carbocycles. The Morgan fingerprint density at radius 2 is 1.76 bits per heavy atom. The Bertz CT molecular complexity index is 824. The van der Waals surface area contributed by atoms with Gasteiger partial charge in [-0.3, -0.25) is 4.79 Å². The van der Waals surface area contributed by atoms with Gasteiger partial charge in [-0.05, 0) is 43.3 Å². The van der Waals surface area contributed by atoms with Crippen LogP contribution in [-0.2, 0) is 11.2 Å². The van der Waals surface area contributed by atoms with Crippen molar-refractivity contribution < 1.29 is 9.59 Å². The molecule has 2 rings (SSSR count). The van der Waals surface area contributed by atoms with E-state index in [2.05, 4.69) is 46.7 Å². The highest BCUT2D eigenvalue weighted by Gasteiger charge is 2.21. The van der Waals surface area contributed by atoms with Crippen LogP contribution in [0.3, 0.4) is 0 Å². The molecule has 0 heterocycles. The molecule has 7 heteroatoms. The predicted octanol–water partition coefficient (Wildman–Crippen LogP) is 3.42. The van der Waals surface area contributed by atoms with Crippen molar-refractivity contribution in [1.29, 1.82) is 0 Å².